The summed E-state index contributed by atoms with van der Waals surface area (Å²) in [5, 5.41) is 5.51. The van der Waals surface area contributed by atoms with Crippen molar-refractivity contribution in [2.75, 3.05) is 26.8 Å². The van der Waals surface area contributed by atoms with Crippen molar-refractivity contribution in [3.8, 4) is 0 Å². The van der Waals surface area contributed by atoms with Gasteiger partial charge < -0.3 is 15.0 Å². The Kier molecular flexibility index (Phi) is 10.7. The number of sulfonamides is 1. The lowest BCUT2D eigenvalue weighted by molar-refractivity contribution is 0.0625. The molecule has 7 nitrogen and oxygen atoms in total. The molecule has 5 rings (SSSR count). The van der Waals surface area contributed by atoms with Gasteiger partial charge in [0.15, 0.2) is 0 Å². The zero-order valence-electron chi connectivity index (χ0n) is 25.7. The van der Waals surface area contributed by atoms with Gasteiger partial charge in [-0.1, -0.05) is 84.9 Å². The highest BCUT2D eigenvalue weighted by atomic mass is 32.2. The lowest BCUT2D eigenvalue weighted by atomic mass is 9.95. The van der Waals surface area contributed by atoms with E-state index in [-0.39, 0.29) is 17.0 Å². The Balaban J connectivity index is 1.28. The fourth-order valence-electron chi connectivity index (χ4n) is 5.93. The Morgan fingerprint density at radius 1 is 0.864 bits per heavy atom. The van der Waals surface area contributed by atoms with E-state index in [2.05, 4.69) is 29.6 Å². The molecule has 232 valence electrons. The number of nitrogens with zero attached hydrogens (tertiary/aromatic N) is 2. The molecule has 0 unspecified atom stereocenters. The van der Waals surface area contributed by atoms with Gasteiger partial charge in [-0.3, -0.25) is 0 Å². The highest BCUT2D eigenvalue weighted by Gasteiger charge is 2.23. The molecule has 0 aliphatic carbocycles. The van der Waals surface area contributed by atoms with E-state index < -0.39 is 10.0 Å². The first-order valence-electron chi connectivity index (χ1n) is 15.5. The van der Waals surface area contributed by atoms with Gasteiger partial charge in [0.05, 0.1) is 10.9 Å². The first-order chi connectivity index (χ1) is 21.3. The summed E-state index contributed by atoms with van der Waals surface area (Å²) < 4.78 is 33.4. The number of fused-ring (bicyclic) bond motifs is 1. The third kappa shape index (κ3) is 8.05. The molecule has 0 radical (unpaired) electrons. The minimum Gasteiger partial charge on any atom is -0.381 e. The first-order valence-corrected chi connectivity index (χ1v) is 17.0. The molecule has 1 N–H and O–H groups in total. The number of benzene rings is 4. The van der Waals surface area contributed by atoms with E-state index in [1.165, 1.54) is 4.31 Å². The number of nitrogens with one attached hydrogen (secondary N) is 1. The van der Waals surface area contributed by atoms with Crippen molar-refractivity contribution in [2.24, 2.45) is 5.92 Å². The summed E-state index contributed by atoms with van der Waals surface area (Å²) >= 11 is 0. The maximum Gasteiger partial charge on any atom is 0.318 e. The average molecular weight is 614 g/mol. The van der Waals surface area contributed by atoms with Crippen LogP contribution in [0.2, 0.25) is 0 Å². The van der Waals surface area contributed by atoms with Gasteiger partial charge in [-0.2, -0.15) is 4.31 Å². The predicted octanol–water partition coefficient (Wildman–Crippen LogP) is 7.14. The Morgan fingerprint density at radius 3 is 2.27 bits per heavy atom. The van der Waals surface area contributed by atoms with Crippen molar-refractivity contribution in [1.82, 2.24) is 14.5 Å². The minimum atomic E-state index is -3.66. The molecular formula is C36H43N3O4S. The molecule has 1 saturated heterocycles. The Hall–Kier alpha value is -3.72. The number of carbonyl (C=O) groups is 1. The summed E-state index contributed by atoms with van der Waals surface area (Å²) in [5.74, 6) is 0.626. The number of amides is 2. The van der Waals surface area contributed by atoms with E-state index in [0.29, 0.717) is 25.6 Å². The quantitative estimate of drug-likeness (QED) is 0.184. The number of ether oxygens (including phenoxy) is 1. The molecule has 4 aromatic rings. The highest BCUT2D eigenvalue weighted by molar-refractivity contribution is 7.89. The first kappa shape index (κ1) is 31.7. The monoisotopic (exact) mass is 613 g/mol. The highest BCUT2D eigenvalue weighted by Crippen LogP contribution is 2.25. The van der Waals surface area contributed by atoms with Crippen molar-refractivity contribution >= 4 is 26.8 Å². The van der Waals surface area contributed by atoms with Crippen LogP contribution in [0.4, 0.5) is 4.79 Å². The molecule has 0 spiro atoms. The lowest BCUT2D eigenvalue weighted by Crippen LogP contribution is -2.41. The van der Waals surface area contributed by atoms with Crippen LogP contribution < -0.4 is 5.32 Å². The summed E-state index contributed by atoms with van der Waals surface area (Å²) in [4.78, 5) is 15.8. The summed E-state index contributed by atoms with van der Waals surface area (Å²) in [5.41, 5.74) is 2.89. The van der Waals surface area contributed by atoms with Crippen LogP contribution in [0.1, 0.15) is 55.3 Å². The largest absolute Gasteiger partial charge is 0.381 e. The third-order valence-corrected chi connectivity index (χ3v) is 10.4. The number of hydrogen-bond donors (Lipinski definition) is 1. The van der Waals surface area contributed by atoms with Gasteiger partial charge in [-0.05, 0) is 78.1 Å². The molecule has 1 aliphatic heterocycles. The molecule has 4 aromatic carbocycles. The number of hydrogen-bond acceptors (Lipinski definition) is 4. The molecule has 44 heavy (non-hydrogen) atoms. The van der Waals surface area contributed by atoms with Crippen molar-refractivity contribution in [2.45, 2.75) is 56.6 Å². The van der Waals surface area contributed by atoms with Crippen molar-refractivity contribution in [3.05, 3.63) is 114 Å². The summed E-state index contributed by atoms with van der Waals surface area (Å²) in [6.07, 6.45) is 4.09. The maximum atomic E-state index is 13.7. The van der Waals surface area contributed by atoms with E-state index in [4.69, 9.17) is 4.74 Å². The molecule has 1 aliphatic rings. The maximum absolute atomic E-state index is 13.7. The molecule has 1 fully saturated rings. The van der Waals surface area contributed by atoms with Gasteiger partial charge in [-0.25, -0.2) is 13.2 Å². The smallest absolute Gasteiger partial charge is 0.318 e. The molecule has 2 amide bonds. The van der Waals surface area contributed by atoms with Gasteiger partial charge in [0.1, 0.15) is 0 Å². The molecular weight excluding hydrogens is 570 g/mol. The van der Waals surface area contributed by atoms with Gasteiger partial charge in [0.2, 0.25) is 10.0 Å². The van der Waals surface area contributed by atoms with Crippen LogP contribution in [-0.2, 0) is 27.8 Å². The summed E-state index contributed by atoms with van der Waals surface area (Å²) in [6, 6.07) is 30.5. The van der Waals surface area contributed by atoms with E-state index in [0.717, 1.165) is 66.4 Å². The summed E-state index contributed by atoms with van der Waals surface area (Å²) in [7, 11) is -2.06. The van der Waals surface area contributed by atoms with Crippen molar-refractivity contribution < 1.29 is 17.9 Å². The molecule has 1 atom stereocenters. The van der Waals surface area contributed by atoms with Crippen LogP contribution in [0.3, 0.4) is 0 Å². The van der Waals surface area contributed by atoms with Gasteiger partial charge in [0, 0.05) is 39.9 Å². The van der Waals surface area contributed by atoms with E-state index in [1.807, 2.05) is 72.5 Å². The van der Waals surface area contributed by atoms with Gasteiger partial charge in [-0.15, -0.1) is 0 Å². The minimum absolute atomic E-state index is 0.128. The van der Waals surface area contributed by atoms with E-state index in [9.17, 15) is 13.2 Å². The zero-order valence-corrected chi connectivity index (χ0v) is 26.5. The number of urea groups is 1. The molecule has 1 heterocycles. The van der Waals surface area contributed by atoms with E-state index in [1.54, 1.807) is 19.2 Å². The zero-order chi connectivity index (χ0) is 30.9. The number of carbonyl (C=O) groups excluding carboxylic acids is 1. The normalized spacial score (nSPS) is 14.9. The average Bonchev–Trinajstić information content (AvgIpc) is 3.05. The van der Waals surface area contributed by atoms with E-state index >= 15 is 0 Å². The fraction of sp³-hybridized carbons (Fsp3) is 0.361. The van der Waals surface area contributed by atoms with Crippen LogP contribution in [0.25, 0.3) is 10.8 Å². The van der Waals surface area contributed by atoms with Gasteiger partial charge in [0.25, 0.3) is 0 Å². The topological polar surface area (TPSA) is 79.0 Å². The molecule has 0 bridgehead atoms. The second kappa shape index (κ2) is 14.8. The Labute approximate surface area is 261 Å². The van der Waals surface area contributed by atoms with Crippen LogP contribution in [0.5, 0.6) is 0 Å². The Bertz CT molecular complexity index is 1620. The van der Waals surface area contributed by atoms with Crippen LogP contribution in [0.15, 0.2) is 102 Å². The summed E-state index contributed by atoms with van der Waals surface area (Å²) in [6.45, 7) is 4.94. The molecule has 8 heteroatoms. The predicted molar refractivity (Wildman–Crippen MR) is 176 cm³/mol. The molecule has 0 aromatic heterocycles. The lowest BCUT2D eigenvalue weighted by Gasteiger charge is -2.28. The van der Waals surface area contributed by atoms with Crippen molar-refractivity contribution in [1.29, 1.82) is 0 Å². The molecule has 0 saturated carbocycles. The second-order valence-corrected chi connectivity index (χ2v) is 13.8. The third-order valence-electron chi connectivity index (χ3n) is 8.55. The van der Waals surface area contributed by atoms with Crippen LogP contribution >= 0.6 is 0 Å². The standard InChI is InChI=1S/C36H43N3O4S/c1-28(34-16-8-14-32-13-6-7-15-35(32)34)37-36(40)39(23-9-12-29-21-24-43-25-22-29)27-31-17-19-33(20-18-31)44(41,42)38(2)26-30-10-4-3-5-11-30/h3-8,10-11,13-20,28-29H,9,12,21-27H2,1-2H3,(H,37,40)/t28-/m0/s1. The fourth-order valence-corrected chi connectivity index (χ4v) is 7.09. The second-order valence-electron chi connectivity index (χ2n) is 11.7. The Morgan fingerprint density at radius 2 is 1.52 bits per heavy atom. The number of rotatable bonds is 12. The van der Waals surface area contributed by atoms with Crippen LogP contribution in [0, 0.1) is 5.92 Å². The van der Waals surface area contributed by atoms with Crippen molar-refractivity contribution in [3.63, 3.8) is 0 Å². The van der Waals surface area contributed by atoms with Gasteiger partial charge >= 0.3 is 6.03 Å². The SMILES string of the molecule is C[C@H](NC(=O)N(CCCC1CCOCC1)Cc1ccc(S(=O)(=O)N(C)Cc2ccccc2)cc1)c1cccc2ccccc12. The van der Waals surface area contributed by atoms with Crippen LogP contribution in [-0.4, -0.2) is 50.5 Å².